The summed E-state index contributed by atoms with van der Waals surface area (Å²) in [6.07, 6.45) is 3.43. The zero-order chi connectivity index (χ0) is 12.7. The number of carbonyl (C=O) groups excluding carboxylic acids is 3. The molecule has 0 unspecified atom stereocenters. The number of imide groups is 1. The molecule has 3 heterocycles. The molecule has 2 aliphatic rings. The summed E-state index contributed by atoms with van der Waals surface area (Å²) in [5.74, 6) is -0.375. The van der Waals surface area contributed by atoms with Gasteiger partial charge in [0.25, 0.3) is 5.91 Å². The SMILES string of the molecule is O=C(c1ccoc1)N1CC(N2C(=O)CCC2=O)C1. The summed E-state index contributed by atoms with van der Waals surface area (Å²) < 4.78 is 4.85. The van der Waals surface area contributed by atoms with Crippen molar-refractivity contribution in [1.29, 1.82) is 0 Å². The van der Waals surface area contributed by atoms with Crippen LogP contribution in [0.4, 0.5) is 0 Å². The molecule has 2 saturated heterocycles. The maximum absolute atomic E-state index is 11.9. The van der Waals surface area contributed by atoms with Gasteiger partial charge in [-0.05, 0) is 6.07 Å². The lowest BCUT2D eigenvalue weighted by Gasteiger charge is -2.42. The molecule has 0 N–H and O–H groups in total. The van der Waals surface area contributed by atoms with E-state index in [1.54, 1.807) is 11.0 Å². The predicted octanol–water partition coefficient (Wildman–Crippen LogP) is 0.253. The lowest BCUT2D eigenvalue weighted by molar-refractivity contribution is -0.144. The van der Waals surface area contributed by atoms with E-state index in [0.717, 1.165) is 0 Å². The summed E-state index contributed by atoms with van der Waals surface area (Å²) in [5, 5.41) is 0. The van der Waals surface area contributed by atoms with Crippen molar-refractivity contribution < 1.29 is 18.8 Å². The lowest BCUT2D eigenvalue weighted by Crippen LogP contribution is -2.62. The highest BCUT2D eigenvalue weighted by Gasteiger charge is 2.42. The first-order chi connectivity index (χ1) is 8.66. The number of hydrogen-bond donors (Lipinski definition) is 0. The quantitative estimate of drug-likeness (QED) is 0.703. The van der Waals surface area contributed by atoms with Gasteiger partial charge in [-0.25, -0.2) is 0 Å². The van der Waals surface area contributed by atoms with Crippen molar-refractivity contribution in [3.63, 3.8) is 0 Å². The number of hydrogen-bond acceptors (Lipinski definition) is 4. The fourth-order valence-corrected chi connectivity index (χ4v) is 2.35. The molecular formula is C12H12N2O4. The van der Waals surface area contributed by atoms with Gasteiger partial charge in [0.05, 0.1) is 17.9 Å². The summed E-state index contributed by atoms with van der Waals surface area (Å²) >= 11 is 0. The molecule has 0 atom stereocenters. The van der Waals surface area contributed by atoms with E-state index in [2.05, 4.69) is 0 Å². The van der Waals surface area contributed by atoms with E-state index in [-0.39, 0.29) is 23.8 Å². The van der Waals surface area contributed by atoms with Gasteiger partial charge < -0.3 is 9.32 Å². The Labute approximate surface area is 103 Å². The van der Waals surface area contributed by atoms with Crippen molar-refractivity contribution in [3.8, 4) is 0 Å². The molecule has 3 amide bonds. The molecule has 1 aromatic heterocycles. The van der Waals surface area contributed by atoms with Crippen LogP contribution in [0.5, 0.6) is 0 Å². The zero-order valence-electron chi connectivity index (χ0n) is 9.67. The minimum absolute atomic E-state index is 0.125. The Hall–Kier alpha value is -2.11. The number of furan rings is 1. The Morgan fingerprint density at radius 3 is 2.44 bits per heavy atom. The van der Waals surface area contributed by atoms with Crippen molar-refractivity contribution in [2.45, 2.75) is 18.9 Å². The van der Waals surface area contributed by atoms with E-state index in [1.807, 2.05) is 0 Å². The van der Waals surface area contributed by atoms with Crippen LogP contribution in [0.25, 0.3) is 0 Å². The second kappa shape index (κ2) is 3.97. The number of nitrogens with zero attached hydrogens (tertiary/aromatic N) is 2. The third-order valence-electron chi connectivity index (χ3n) is 3.37. The largest absolute Gasteiger partial charge is 0.472 e. The van der Waals surface area contributed by atoms with Crippen LogP contribution in [0.3, 0.4) is 0 Å². The molecule has 0 aromatic carbocycles. The summed E-state index contributed by atoms with van der Waals surface area (Å²) in [6.45, 7) is 0.836. The van der Waals surface area contributed by atoms with E-state index < -0.39 is 0 Å². The molecular weight excluding hydrogens is 236 g/mol. The van der Waals surface area contributed by atoms with Crippen LogP contribution >= 0.6 is 0 Å². The number of likely N-dealkylation sites (tertiary alicyclic amines) is 2. The maximum Gasteiger partial charge on any atom is 0.257 e. The number of carbonyl (C=O) groups is 3. The van der Waals surface area contributed by atoms with Crippen LogP contribution in [0, 0.1) is 0 Å². The first-order valence-corrected chi connectivity index (χ1v) is 5.83. The summed E-state index contributed by atoms with van der Waals surface area (Å²) in [4.78, 5) is 37.8. The minimum Gasteiger partial charge on any atom is -0.472 e. The van der Waals surface area contributed by atoms with Gasteiger partial charge in [0, 0.05) is 25.9 Å². The average molecular weight is 248 g/mol. The van der Waals surface area contributed by atoms with E-state index >= 15 is 0 Å². The van der Waals surface area contributed by atoms with Crippen LogP contribution < -0.4 is 0 Å². The Balaban J connectivity index is 1.62. The van der Waals surface area contributed by atoms with Crippen LogP contribution in [-0.2, 0) is 9.59 Å². The molecule has 6 nitrogen and oxygen atoms in total. The molecule has 0 radical (unpaired) electrons. The molecule has 0 spiro atoms. The van der Waals surface area contributed by atoms with Crippen LogP contribution in [0.1, 0.15) is 23.2 Å². The normalized spacial score (nSPS) is 20.4. The van der Waals surface area contributed by atoms with E-state index in [1.165, 1.54) is 17.4 Å². The third kappa shape index (κ3) is 1.61. The van der Waals surface area contributed by atoms with Crippen molar-refractivity contribution in [2.75, 3.05) is 13.1 Å². The van der Waals surface area contributed by atoms with Crippen molar-refractivity contribution in [1.82, 2.24) is 9.80 Å². The Morgan fingerprint density at radius 1 is 1.22 bits per heavy atom. The maximum atomic E-state index is 11.9. The fraction of sp³-hybridized carbons (Fsp3) is 0.417. The minimum atomic E-state index is -0.150. The molecule has 18 heavy (non-hydrogen) atoms. The van der Waals surface area contributed by atoms with Gasteiger partial charge in [-0.1, -0.05) is 0 Å². The van der Waals surface area contributed by atoms with Crippen molar-refractivity contribution >= 4 is 17.7 Å². The fourth-order valence-electron chi connectivity index (χ4n) is 2.35. The highest BCUT2D eigenvalue weighted by atomic mass is 16.3. The van der Waals surface area contributed by atoms with Crippen LogP contribution in [-0.4, -0.2) is 46.7 Å². The van der Waals surface area contributed by atoms with Gasteiger partial charge in [0.1, 0.15) is 6.26 Å². The zero-order valence-corrected chi connectivity index (χ0v) is 9.67. The monoisotopic (exact) mass is 248 g/mol. The van der Waals surface area contributed by atoms with Gasteiger partial charge >= 0.3 is 0 Å². The average Bonchev–Trinajstić information content (AvgIpc) is 2.90. The molecule has 3 rings (SSSR count). The van der Waals surface area contributed by atoms with Crippen LogP contribution in [0.2, 0.25) is 0 Å². The first kappa shape index (κ1) is 11.0. The van der Waals surface area contributed by atoms with Gasteiger partial charge in [-0.2, -0.15) is 0 Å². The van der Waals surface area contributed by atoms with E-state index in [4.69, 9.17) is 4.42 Å². The Morgan fingerprint density at radius 2 is 1.89 bits per heavy atom. The van der Waals surface area contributed by atoms with E-state index in [9.17, 15) is 14.4 Å². The second-order valence-corrected chi connectivity index (χ2v) is 4.53. The van der Waals surface area contributed by atoms with Gasteiger partial charge in [0.15, 0.2) is 0 Å². The third-order valence-corrected chi connectivity index (χ3v) is 3.37. The first-order valence-electron chi connectivity index (χ1n) is 5.83. The lowest BCUT2D eigenvalue weighted by atomic mass is 10.1. The number of rotatable bonds is 2. The van der Waals surface area contributed by atoms with Gasteiger partial charge in [-0.15, -0.1) is 0 Å². The molecule has 2 fully saturated rings. The predicted molar refractivity (Wildman–Crippen MR) is 59.5 cm³/mol. The molecule has 2 aliphatic heterocycles. The molecule has 1 aromatic rings. The Bertz CT molecular complexity index is 486. The second-order valence-electron chi connectivity index (χ2n) is 4.53. The van der Waals surface area contributed by atoms with Gasteiger partial charge in [0.2, 0.25) is 11.8 Å². The van der Waals surface area contributed by atoms with E-state index in [0.29, 0.717) is 31.5 Å². The molecule has 0 bridgehead atoms. The standard InChI is InChI=1S/C12H12N2O4/c15-10-1-2-11(16)14(10)9-5-13(6-9)12(17)8-3-4-18-7-8/h3-4,7,9H,1-2,5-6H2. The van der Waals surface area contributed by atoms with Crippen molar-refractivity contribution in [2.24, 2.45) is 0 Å². The van der Waals surface area contributed by atoms with Crippen molar-refractivity contribution in [3.05, 3.63) is 24.2 Å². The molecule has 0 saturated carbocycles. The summed E-state index contributed by atoms with van der Waals surface area (Å²) in [5.41, 5.74) is 0.493. The highest BCUT2D eigenvalue weighted by Crippen LogP contribution is 2.23. The smallest absolute Gasteiger partial charge is 0.257 e. The molecule has 6 heteroatoms. The number of amides is 3. The topological polar surface area (TPSA) is 70.8 Å². The van der Waals surface area contributed by atoms with Gasteiger partial charge in [-0.3, -0.25) is 19.3 Å². The molecule has 0 aliphatic carbocycles. The summed E-state index contributed by atoms with van der Waals surface area (Å²) in [7, 11) is 0. The van der Waals surface area contributed by atoms with Crippen LogP contribution in [0.15, 0.2) is 23.0 Å². The highest BCUT2D eigenvalue weighted by molar-refractivity contribution is 6.03. The Kier molecular flexibility index (Phi) is 2.43. The summed E-state index contributed by atoms with van der Waals surface area (Å²) in [6, 6.07) is 1.45. The molecule has 94 valence electrons.